The Balaban J connectivity index is 1.42. The van der Waals surface area contributed by atoms with Crippen LogP contribution in [0, 0.1) is 0 Å². The normalized spacial score (nSPS) is 16.0. The molecule has 0 aromatic heterocycles. The molecule has 4 nitrogen and oxygen atoms in total. The Hall–Kier alpha value is -1.85. The van der Waals surface area contributed by atoms with Gasteiger partial charge in [-0.1, -0.05) is 23.7 Å². The van der Waals surface area contributed by atoms with Crippen LogP contribution < -0.4 is 14.8 Å². The smallest absolute Gasteiger partial charge is 0.264 e. The number of carbonyl (C=O) groups is 1. The van der Waals surface area contributed by atoms with Crippen LogP contribution in [0.15, 0.2) is 53.4 Å². The average Bonchev–Trinajstić information content (AvgIpc) is 2.59. The molecule has 1 heterocycles. The highest BCUT2D eigenvalue weighted by Crippen LogP contribution is 2.30. The van der Waals surface area contributed by atoms with Crippen LogP contribution in [0.2, 0.25) is 5.02 Å². The van der Waals surface area contributed by atoms with Gasteiger partial charge in [-0.05, 0) is 36.4 Å². The highest BCUT2D eigenvalue weighted by molar-refractivity contribution is 7.99. The molecule has 0 fully saturated rings. The molecule has 120 valence electrons. The Bertz CT molecular complexity index is 678. The van der Waals surface area contributed by atoms with Gasteiger partial charge in [0.1, 0.15) is 6.61 Å². The summed E-state index contributed by atoms with van der Waals surface area (Å²) in [6.45, 7) is 0.792. The van der Waals surface area contributed by atoms with Crippen molar-refractivity contribution in [1.29, 1.82) is 0 Å². The van der Waals surface area contributed by atoms with E-state index in [1.54, 1.807) is 17.8 Å². The minimum absolute atomic E-state index is 0.156. The molecule has 1 aliphatic heterocycles. The molecule has 1 atom stereocenters. The fourth-order valence-electron chi connectivity index (χ4n) is 2.14. The topological polar surface area (TPSA) is 47.6 Å². The number of carbonyl (C=O) groups excluding carboxylic acids is 1. The highest BCUT2D eigenvalue weighted by Gasteiger charge is 2.26. The molecule has 0 bridgehead atoms. The van der Waals surface area contributed by atoms with Crippen LogP contribution in [0.25, 0.3) is 0 Å². The first-order chi connectivity index (χ1) is 11.2. The molecule has 2 aromatic carbocycles. The van der Waals surface area contributed by atoms with Crippen LogP contribution in [-0.4, -0.2) is 30.9 Å². The van der Waals surface area contributed by atoms with Crippen molar-refractivity contribution in [2.45, 2.75) is 11.0 Å². The van der Waals surface area contributed by atoms with Crippen LogP contribution in [0.4, 0.5) is 0 Å². The first-order valence-electron chi connectivity index (χ1n) is 7.27. The van der Waals surface area contributed by atoms with Gasteiger partial charge in [-0.3, -0.25) is 4.79 Å². The third kappa shape index (κ3) is 4.33. The molecule has 0 aliphatic carbocycles. The van der Waals surface area contributed by atoms with Crippen LogP contribution in [-0.2, 0) is 4.79 Å². The molecule has 1 aliphatic rings. The minimum Gasteiger partial charge on any atom is -0.485 e. The molecular formula is C17H16ClNO3S. The summed E-state index contributed by atoms with van der Waals surface area (Å²) in [7, 11) is 0. The van der Waals surface area contributed by atoms with E-state index < -0.39 is 6.10 Å². The Labute approximate surface area is 144 Å². The van der Waals surface area contributed by atoms with Gasteiger partial charge in [0.2, 0.25) is 6.10 Å². The number of fused-ring (bicyclic) bond motifs is 1. The predicted octanol–water partition coefficient (Wildman–Crippen LogP) is 3.39. The zero-order valence-corrected chi connectivity index (χ0v) is 13.9. The van der Waals surface area contributed by atoms with Crippen molar-refractivity contribution in [2.24, 2.45) is 0 Å². The lowest BCUT2D eigenvalue weighted by atomic mass is 10.2. The van der Waals surface area contributed by atoms with Crippen molar-refractivity contribution in [3.63, 3.8) is 0 Å². The molecule has 1 amide bonds. The van der Waals surface area contributed by atoms with E-state index in [-0.39, 0.29) is 12.5 Å². The van der Waals surface area contributed by atoms with Gasteiger partial charge >= 0.3 is 0 Å². The summed E-state index contributed by atoms with van der Waals surface area (Å²) < 4.78 is 11.2. The van der Waals surface area contributed by atoms with E-state index in [4.69, 9.17) is 21.1 Å². The zero-order chi connectivity index (χ0) is 16.1. The summed E-state index contributed by atoms with van der Waals surface area (Å²) in [6.07, 6.45) is -0.606. The van der Waals surface area contributed by atoms with Crippen molar-refractivity contribution in [3.05, 3.63) is 53.6 Å². The molecule has 0 unspecified atom stereocenters. The van der Waals surface area contributed by atoms with Crippen LogP contribution >= 0.6 is 23.4 Å². The van der Waals surface area contributed by atoms with Gasteiger partial charge < -0.3 is 14.8 Å². The van der Waals surface area contributed by atoms with Gasteiger partial charge in [0, 0.05) is 22.2 Å². The number of nitrogens with one attached hydrogen (secondary N) is 1. The lowest BCUT2D eigenvalue weighted by Gasteiger charge is -2.25. The van der Waals surface area contributed by atoms with Gasteiger partial charge in [-0.25, -0.2) is 0 Å². The number of amides is 1. The minimum atomic E-state index is -0.606. The maximum atomic E-state index is 12.1. The SMILES string of the molecule is O=C(NCCSc1ccc(Cl)cc1)[C@@H]1COc2ccccc2O1. The molecule has 0 saturated carbocycles. The standard InChI is InChI=1S/C17H16ClNO3S/c18-12-5-7-13(8-6-12)23-10-9-19-17(20)16-11-21-14-3-1-2-4-15(14)22-16/h1-8,16H,9-11H2,(H,19,20)/t16-/m0/s1. The molecular weight excluding hydrogens is 334 g/mol. The van der Waals surface area contributed by atoms with Crippen molar-refractivity contribution in [2.75, 3.05) is 18.9 Å². The van der Waals surface area contributed by atoms with Crippen molar-refractivity contribution in [1.82, 2.24) is 5.32 Å². The Morgan fingerprint density at radius 3 is 2.70 bits per heavy atom. The molecule has 23 heavy (non-hydrogen) atoms. The Morgan fingerprint density at radius 2 is 1.91 bits per heavy atom. The van der Waals surface area contributed by atoms with Gasteiger partial charge in [-0.2, -0.15) is 0 Å². The first-order valence-corrected chi connectivity index (χ1v) is 8.63. The molecule has 6 heteroatoms. The van der Waals surface area contributed by atoms with E-state index in [0.717, 1.165) is 15.7 Å². The van der Waals surface area contributed by atoms with E-state index in [2.05, 4.69) is 5.32 Å². The second-order valence-electron chi connectivity index (χ2n) is 4.96. The first kappa shape index (κ1) is 16.0. The largest absolute Gasteiger partial charge is 0.485 e. The third-order valence-electron chi connectivity index (χ3n) is 3.28. The Morgan fingerprint density at radius 1 is 1.17 bits per heavy atom. The van der Waals surface area contributed by atoms with Crippen molar-refractivity contribution < 1.29 is 14.3 Å². The number of para-hydroxylation sites is 2. The fraction of sp³-hybridized carbons (Fsp3) is 0.235. The maximum Gasteiger partial charge on any atom is 0.264 e. The monoisotopic (exact) mass is 349 g/mol. The summed E-state index contributed by atoms with van der Waals surface area (Å²) in [5.74, 6) is 1.90. The molecule has 1 N–H and O–H groups in total. The number of hydrogen-bond donors (Lipinski definition) is 1. The van der Waals surface area contributed by atoms with Gasteiger partial charge in [0.05, 0.1) is 0 Å². The van der Waals surface area contributed by atoms with E-state index in [9.17, 15) is 4.79 Å². The van der Waals surface area contributed by atoms with Crippen molar-refractivity contribution in [3.8, 4) is 11.5 Å². The number of rotatable bonds is 5. The number of halogens is 1. The number of hydrogen-bond acceptors (Lipinski definition) is 4. The van der Waals surface area contributed by atoms with Crippen molar-refractivity contribution >= 4 is 29.3 Å². The molecule has 2 aromatic rings. The second kappa shape index (κ2) is 7.62. The molecule has 0 radical (unpaired) electrons. The quantitative estimate of drug-likeness (QED) is 0.664. The Kier molecular flexibility index (Phi) is 5.31. The maximum absolute atomic E-state index is 12.1. The number of ether oxygens (including phenoxy) is 2. The molecule has 0 saturated heterocycles. The zero-order valence-electron chi connectivity index (χ0n) is 12.3. The summed E-state index contributed by atoms with van der Waals surface area (Å²) >= 11 is 7.51. The summed E-state index contributed by atoms with van der Waals surface area (Å²) in [6, 6.07) is 15.0. The average molecular weight is 350 g/mol. The molecule has 0 spiro atoms. The second-order valence-corrected chi connectivity index (χ2v) is 6.56. The molecule has 3 rings (SSSR count). The van der Waals surface area contributed by atoms with Crippen LogP contribution in [0.5, 0.6) is 11.5 Å². The summed E-state index contributed by atoms with van der Waals surface area (Å²) in [5.41, 5.74) is 0. The number of thioether (sulfide) groups is 1. The highest BCUT2D eigenvalue weighted by atomic mass is 35.5. The van der Waals surface area contributed by atoms with E-state index >= 15 is 0 Å². The fourth-order valence-corrected chi connectivity index (χ4v) is 3.03. The van der Waals surface area contributed by atoms with Gasteiger partial charge in [-0.15, -0.1) is 11.8 Å². The number of benzene rings is 2. The van der Waals surface area contributed by atoms with Crippen LogP contribution in [0.3, 0.4) is 0 Å². The summed E-state index contributed by atoms with van der Waals surface area (Å²) in [5, 5.41) is 3.59. The summed E-state index contributed by atoms with van der Waals surface area (Å²) in [4.78, 5) is 13.2. The van der Waals surface area contributed by atoms with Crippen LogP contribution in [0.1, 0.15) is 0 Å². The lowest BCUT2D eigenvalue weighted by molar-refractivity contribution is -0.130. The van der Waals surface area contributed by atoms with E-state index in [1.807, 2.05) is 42.5 Å². The lowest BCUT2D eigenvalue weighted by Crippen LogP contribution is -2.44. The van der Waals surface area contributed by atoms with E-state index in [1.165, 1.54) is 0 Å². The van der Waals surface area contributed by atoms with Gasteiger partial charge in [0.15, 0.2) is 11.5 Å². The predicted molar refractivity (Wildman–Crippen MR) is 91.5 cm³/mol. The van der Waals surface area contributed by atoms with E-state index in [0.29, 0.717) is 18.0 Å². The third-order valence-corrected chi connectivity index (χ3v) is 4.55. The van der Waals surface area contributed by atoms with Gasteiger partial charge in [0.25, 0.3) is 5.91 Å².